The highest BCUT2D eigenvalue weighted by atomic mass is 35.5. The first-order valence-electron chi connectivity index (χ1n) is 7.71. The highest BCUT2D eigenvalue weighted by Crippen LogP contribution is 2.31. The van der Waals surface area contributed by atoms with Gasteiger partial charge in [0, 0.05) is 21.7 Å². The summed E-state index contributed by atoms with van der Waals surface area (Å²) in [4.78, 5) is 22.6. The summed E-state index contributed by atoms with van der Waals surface area (Å²) in [5.41, 5.74) is 3.05. The predicted molar refractivity (Wildman–Crippen MR) is 108 cm³/mol. The lowest BCUT2D eigenvalue weighted by atomic mass is 10.1. The molecule has 0 saturated heterocycles. The van der Waals surface area contributed by atoms with Crippen LogP contribution in [0, 0.1) is 13.8 Å². The normalized spacial score (nSPS) is 11.8. The van der Waals surface area contributed by atoms with E-state index in [-0.39, 0.29) is 5.56 Å². The van der Waals surface area contributed by atoms with Gasteiger partial charge in [-0.25, -0.2) is 9.97 Å². The monoisotopic (exact) mass is 402 g/mol. The van der Waals surface area contributed by atoms with E-state index in [0.29, 0.717) is 25.8 Å². The van der Waals surface area contributed by atoms with Crippen molar-refractivity contribution in [2.75, 3.05) is 0 Å². The smallest absolute Gasteiger partial charge is 0.266 e. The number of pyridine rings is 1. The van der Waals surface area contributed by atoms with Gasteiger partial charge >= 0.3 is 0 Å². The van der Waals surface area contributed by atoms with Crippen LogP contribution in [0.3, 0.4) is 0 Å². The Morgan fingerprint density at radius 3 is 2.81 bits per heavy atom. The van der Waals surface area contributed by atoms with Crippen LogP contribution in [-0.4, -0.2) is 20.9 Å². The van der Waals surface area contributed by atoms with Crippen molar-refractivity contribution in [1.29, 1.82) is 0 Å². The molecule has 3 heterocycles. The third kappa shape index (κ3) is 2.90. The van der Waals surface area contributed by atoms with E-state index in [4.69, 9.17) is 23.2 Å². The molecular weight excluding hydrogens is 391 g/mol. The summed E-state index contributed by atoms with van der Waals surface area (Å²) in [6.07, 6.45) is 2.92. The number of benzene rings is 1. The Kier molecular flexibility index (Phi) is 4.26. The molecule has 8 heteroatoms. The van der Waals surface area contributed by atoms with Crippen LogP contribution < -0.4 is 5.56 Å². The Morgan fingerprint density at radius 1 is 1.23 bits per heavy atom. The van der Waals surface area contributed by atoms with E-state index in [1.807, 2.05) is 19.9 Å². The fourth-order valence-electron chi connectivity index (χ4n) is 2.77. The molecule has 0 fully saturated rings. The third-order valence-corrected chi connectivity index (χ3v) is 5.57. The van der Waals surface area contributed by atoms with E-state index in [9.17, 15) is 4.79 Å². The van der Waals surface area contributed by atoms with E-state index < -0.39 is 0 Å². The SMILES string of the molecule is Cc1cc(C)c2c(n1)sc1c(=O)n(/N=C/c3ccc(Cl)cc3Cl)cnc12. The fraction of sp³-hybridized carbons (Fsp3) is 0.111. The Hall–Kier alpha value is -2.28. The lowest BCUT2D eigenvalue weighted by Crippen LogP contribution is -2.15. The summed E-state index contributed by atoms with van der Waals surface area (Å²) >= 11 is 13.4. The molecule has 26 heavy (non-hydrogen) atoms. The molecule has 130 valence electrons. The van der Waals surface area contributed by atoms with Gasteiger partial charge in [-0.1, -0.05) is 29.3 Å². The van der Waals surface area contributed by atoms with Crippen molar-refractivity contribution in [1.82, 2.24) is 14.6 Å². The molecular formula is C18H12Cl2N4OS. The van der Waals surface area contributed by atoms with Crippen molar-refractivity contribution in [3.63, 3.8) is 0 Å². The number of aromatic nitrogens is 3. The molecule has 0 aliphatic heterocycles. The zero-order valence-corrected chi connectivity index (χ0v) is 16.2. The van der Waals surface area contributed by atoms with Gasteiger partial charge < -0.3 is 0 Å². The summed E-state index contributed by atoms with van der Waals surface area (Å²) in [7, 11) is 0. The minimum atomic E-state index is -0.239. The van der Waals surface area contributed by atoms with Crippen molar-refractivity contribution in [2.24, 2.45) is 5.10 Å². The number of fused-ring (bicyclic) bond motifs is 3. The van der Waals surface area contributed by atoms with E-state index in [0.717, 1.165) is 21.5 Å². The Bertz CT molecular complexity index is 1260. The van der Waals surface area contributed by atoms with Gasteiger partial charge in [0.05, 0.1) is 16.8 Å². The molecule has 0 aliphatic rings. The second-order valence-corrected chi connectivity index (χ2v) is 7.69. The van der Waals surface area contributed by atoms with Crippen molar-refractivity contribution >= 4 is 61.2 Å². The molecule has 1 aromatic carbocycles. The molecule has 0 unspecified atom stereocenters. The highest BCUT2D eigenvalue weighted by molar-refractivity contribution is 7.25. The van der Waals surface area contributed by atoms with E-state index in [2.05, 4.69) is 15.1 Å². The van der Waals surface area contributed by atoms with Crippen LogP contribution in [0.4, 0.5) is 0 Å². The van der Waals surface area contributed by atoms with Gasteiger partial charge in [0.25, 0.3) is 5.56 Å². The largest absolute Gasteiger partial charge is 0.291 e. The maximum absolute atomic E-state index is 12.8. The minimum Gasteiger partial charge on any atom is -0.266 e. The number of thiophene rings is 1. The van der Waals surface area contributed by atoms with E-state index in [1.54, 1.807) is 18.2 Å². The van der Waals surface area contributed by atoms with Gasteiger partial charge in [-0.3, -0.25) is 4.79 Å². The molecule has 5 nitrogen and oxygen atoms in total. The standard InChI is InChI=1S/C18H12Cl2N4OS/c1-9-5-10(2)23-17-14(9)15-16(26-17)18(25)24(8-21-15)22-7-11-3-4-12(19)6-13(11)20/h3-8H,1-2H3/b22-7+. The molecule has 0 radical (unpaired) electrons. The van der Waals surface area contributed by atoms with E-state index in [1.165, 1.54) is 28.6 Å². The third-order valence-electron chi connectivity index (χ3n) is 3.94. The van der Waals surface area contributed by atoms with Crippen LogP contribution in [0.2, 0.25) is 10.0 Å². The molecule has 0 aliphatic carbocycles. The van der Waals surface area contributed by atoms with Gasteiger partial charge in [-0.2, -0.15) is 9.78 Å². The molecule has 0 bridgehead atoms. The lowest BCUT2D eigenvalue weighted by molar-refractivity contribution is 0.819. The second-order valence-electron chi connectivity index (χ2n) is 5.85. The summed E-state index contributed by atoms with van der Waals surface area (Å²) in [5.74, 6) is 0. The number of hydrogen-bond donors (Lipinski definition) is 0. The average Bonchev–Trinajstić information content (AvgIpc) is 2.95. The highest BCUT2D eigenvalue weighted by Gasteiger charge is 2.14. The zero-order valence-electron chi connectivity index (χ0n) is 13.8. The molecule has 0 spiro atoms. The molecule has 0 saturated carbocycles. The fourth-order valence-corrected chi connectivity index (χ4v) is 4.41. The van der Waals surface area contributed by atoms with Crippen LogP contribution in [0.1, 0.15) is 16.8 Å². The van der Waals surface area contributed by atoms with Gasteiger partial charge in [0.2, 0.25) is 0 Å². The molecule has 3 aromatic heterocycles. The number of rotatable bonds is 2. The quantitative estimate of drug-likeness (QED) is 0.451. The Balaban J connectivity index is 1.86. The average molecular weight is 403 g/mol. The van der Waals surface area contributed by atoms with Crippen LogP contribution in [0.25, 0.3) is 20.4 Å². The van der Waals surface area contributed by atoms with Gasteiger partial charge in [0.15, 0.2) is 0 Å². The summed E-state index contributed by atoms with van der Waals surface area (Å²) in [6.45, 7) is 3.93. The minimum absolute atomic E-state index is 0.239. The molecule has 0 atom stereocenters. The number of aryl methyl sites for hydroxylation is 2. The summed E-state index contributed by atoms with van der Waals surface area (Å²) in [6, 6.07) is 7.06. The predicted octanol–water partition coefficient (Wildman–Crippen LogP) is 4.81. The van der Waals surface area contributed by atoms with Crippen LogP contribution >= 0.6 is 34.5 Å². The van der Waals surface area contributed by atoms with Gasteiger partial charge in [-0.05, 0) is 37.6 Å². The van der Waals surface area contributed by atoms with Crippen molar-refractivity contribution in [2.45, 2.75) is 13.8 Å². The first-order valence-corrected chi connectivity index (χ1v) is 9.29. The van der Waals surface area contributed by atoms with Crippen LogP contribution in [-0.2, 0) is 0 Å². The molecule has 4 rings (SSSR count). The van der Waals surface area contributed by atoms with Gasteiger partial charge in [0.1, 0.15) is 15.9 Å². The first-order chi connectivity index (χ1) is 12.4. The van der Waals surface area contributed by atoms with E-state index >= 15 is 0 Å². The molecule has 4 aromatic rings. The second kappa shape index (κ2) is 6.46. The Morgan fingerprint density at radius 2 is 2.04 bits per heavy atom. The summed E-state index contributed by atoms with van der Waals surface area (Å²) < 4.78 is 1.73. The molecule has 0 amide bonds. The molecule has 0 N–H and O–H groups in total. The van der Waals surface area contributed by atoms with Crippen LogP contribution in [0.5, 0.6) is 0 Å². The number of halogens is 2. The summed E-state index contributed by atoms with van der Waals surface area (Å²) in [5, 5.41) is 6.12. The first kappa shape index (κ1) is 17.1. The topological polar surface area (TPSA) is 60.1 Å². The van der Waals surface area contributed by atoms with Crippen molar-refractivity contribution in [3.8, 4) is 0 Å². The van der Waals surface area contributed by atoms with Crippen molar-refractivity contribution in [3.05, 3.63) is 67.8 Å². The number of hydrogen-bond acceptors (Lipinski definition) is 5. The van der Waals surface area contributed by atoms with Crippen molar-refractivity contribution < 1.29 is 0 Å². The Labute approximate surface area is 162 Å². The van der Waals surface area contributed by atoms with Gasteiger partial charge in [-0.15, -0.1) is 11.3 Å². The lowest BCUT2D eigenvalue weighted by Gasteiger charge is -2.01. The maximum Gasteiger partial charge on any atom is 0.291 e. The van der Waals surface area contributed by atoms with Crippen LogP contribution in [0.15, 0.2) is 40.5 Å². The maximum atomic E-state index is 12.8. The number of nitrogens with zero attached hydrogens (tertiary/aromatic N) is 4. The zero-order chi connectivity index (χ0) is 18.4.